The summed E-state index contributed by atoms with van der Waals surface area (Å²) in [6, 6.07) is 11.6. The fourth-order valence-electron chi connectivity index (χ4n) is 6.85. The first-order valence-electron chi connectivity index (χ1n) is 15.0. The summed E-state index contributed by atoms with van der Waals surface area (Å²) < 4.78 is 33.5. The number of pyridine rings is 1. The van der Waals surface area contributed by atoms with Gasteiger partial charge < -0.3 is 15.4 Å². The minimum atomic E-state index is -3.76. The molecular weight excluding hydrogens is 594 g/mol. The molecule has 230 valence electrons. The van der Waals surface area contributed by atoms with E-state index in [0.717, 1.165) is 54.5 Å². The van der Waals surface area contributed by atoms with Crippen molar-refractivity contribution < 1.29 is 17.9 Å². The van der Waals surface area contributed by atoms with Gasteiger partial charge in [-0.2, -0.15) is 14.7 Å². The molecule has 8 rings (SSSR count). The maximum absolute atomic E-state index is 13.2. The van der Waals surface area contributed by atoms with Crippen molar-refractivity contribution in [3.05, 3.63) is 66.6 Å². The second kappa shape index (κ2) is 10.4. The number of nitrogen functional groups attached to an aromatic ring is 1. The molecule has 3 fully saturated rings. The summed E-state index contributed by atoms with van der Waals surface area (Å²) in [7, 11) is -3.76. The minimum Gasteiger partial charge on any atom is -0.490 e. The number of carbonyl (C=O) groups excluding carboxylic acids is 1. The van der Waals surface area contributed by atoms with Crippen molar-refractivity contribution in [1.29, 1.82) is 0 Å². The molecule has 13 nitrogen and oxygen atoms in total. The van der Waals surface area contributed by atoms with Crippen LogP contribution in [0.3, 0.4) is 0 Å². The van der Waals surface area contributed by atoms with E-state index in [-0.39, 0.29) is 40.4 Å². The summed E-state index contributed by atoms with van der Waals surface area (Å²) in [5.74, 6) is 0.676. The molecule has 5 aromatic rings. The fraction of sp³-hybridized carbons (Fsp3) is 0.355. The van der Waals surface area contributed by atoms with Gasteiger partial charge in [0.25, 0.3) is 5.91 Å². The van der Waals surface area contributed by atoms with Gasteiger partial charge in [0.1, 0.15) is 22.8 Å². The molecule has 2 aliphatic heterocycles. The number of nitrogens with zero attached hydrogens (tertiary/aromatic N) is 7. The van der Waals surface area contributed by atoms with Crippen molar-refractivity contribution in [2.45, 2.75) is 67.5 Å². The van der Waals surface area contributed by atoms with Crippen LogP contribution in [-0.2, 0) is 9.84 Å². The van der Waals surface area contributed by atoms with E-state index in [0.29, 0.717) is 35.9 Å². The zero-order valence-electron chi connectivity index (χ0n) is 24.5. The SMILES string of the molecule is CS(=O)(=O)c1c(C2CC3CC[C@@H](C2)N3C(=O)c2ncn[nH]2)nc2c(-c3ccc(-c4ccc(OC5CC5)cc4)nc3)cnn2c1N. The number of hydrogen-bond acceptors (Lipinski definition) is 10. The number of aromatic nitrogens is 7. The number of sulfone groups is 1. The normalized spacial score (nSPS) is 21.4. The number of aromatic amines is 1. The third kappa shape index (κ3) is 4.89. The lowest BCUT2D eigenvalue weighted by molar-refractivity contribution is 0.0556. The van der Waals surface area contributed by atoms with Crippen LogP contribution in [0, 0.1) is 0 Å². The summed E-state index contributed by atoms with van der Waals surface area (Å²) in [5.41, 5.74) is 10.7. The molecule has 1 saturated carbocycles. The van der Waals surface area contributed by atoms with Crippen molar-refractivity contribution in [2.75, 3.05) is 12.0 Å². The summed E-state index contributed by atoms with van der Waals surface area (Å²) in [6.45, 7) is 0. The van der Waals surface area contributed by atoms with Gasteiger partial charge >= 0.3 is 0 Å². The van der Waals surface area contributed by atoms with Crippen LogP contribution in [0.4, 0.5) is 5.82 Å². The van der Waals surface area contributed by atoms with E-state index in [1.54, 1.807) is 12.4 Å². The van der Waals surface area contributed by atoms with Gasteiger partial charge in [-0.05, 0) is 68.9 Å². The molecule has 2 bridgehead atoms. The van der Waals surface area contributed by atoms with Gasteiger partial charge in [-0.25, -0.2) is 18.4 Å². The Hall–Kier alpha value is -4.85. The molecule has 1 aliphatic carbocycles. The second-order valence-corrected chi connectivity index (χ2v) is 14.1. The third-order valence-corrected chi connectivity index (χ3v) is 10.2. The Morgan fingerprint density at radius 3 is 2.33 bits per heavy atom. The zero-order chi connectivity index (χ0) is 30.9. The average molecular weight is 626 g/mol. The number of rotatable bonds is 7. The molecule has 1 amide bonds. The summed E-state index contributed by atoms with van der Waals surface area (Å²) in [5, 5.41) is 10.9. The first kappa shape index (κ1) is 27.7. The van der Waals surface area contributed by atoms with E-state index in [2.05, 4.69) is 20.3 Å². The van der Waals surface area contributed by atoms with Crippen molar-refractivity contribution in [1.82, 2.24) is 39.7 Å². The molecule has 2 unspecified atom stereocenters. The van der Waals surface area contributed by atoms with Gasteiger partial charge in [-0.1, -0.05) is 6.07 Å². The van der Waals surface area contributed by atoms with Crippen LogP contribution in [0.5, 0.6) is 5.75 Å². The Balaban J connectivity index is 1.13. The zero-order valence-corrected chi connectivity index (χ0v) is 25.3. The topological polar surface area (TPSA) is 174 Å². The third-order valence-electron chi connectivity index (χ3n) is 9.06. The highest BCUT2D eigenvalue weighted by Crippen LogP contribution is 2.45. The van der Waals surface area contributed by atoms with Crippen LogP contribution in [0.1, 0.15) is 60.8 Å². The number of carbonyl (C=O) groups is 1. The number of benzene rings is 1. The summed E-state index contributed by atoms with van der Waals surface area (Å²) >= 11 is 0. The Labute approximate surface area is 258 Å². The van der Waals surface area contributed by atoms with Gasteiger partial charge in [-0.3, -0.25) is 14.9 Å². The van der Waals surface area contributed by atoms with Gasteiger partial charge in [0.2, 0.25) is 5.82 Å². The Kier molecular flexibility index (Phi) is 6.37. The van der Waals surface area contributed by atoms with Crippen molar-refractivity contribution in [3.8, 4) is 28.1 Å². The molecule has 4 aromatic heterocycles. The summed E-state index contributed by atoms with van der Waals surface area (Å²) in [6.07, 6.45) is 11.2. The van der Waals surface area contributed by atoms with E-state index in [9.17, 15) is 13.2 Å². The first-order chi connectivity index (χ1) is 21.7. The van der Waals surface area contributed by atoms with Crippen LogP contribution in [0.15, 0.2) is 60.0 Å². The fourth-order valence-corrected chi connectivity index (χ4v) is 7.91. The van der Waals surface area contributed by atoms with E-state index >= 15 is 0 Å². The first-order valence-corrected chi connectivity index (χ1v) is 16.9. The number of nitrogens with two attached hydrogens (primary N) is 1. The minimum absolute atomic E-state index is 0.00774. The quantitative estimate of drug-likeness (QED) is 0.272. The van der Waals surface area contributed by atoms with Crippen LogP contribution in [0.25, 0.3) is 28.0 Å². The Bertz CT molecular complexity index is 2010. The van der Waals surface area contributed by atoms with Gasteiger partial charge in [0, 0.05) is 47.1 Å². The average Bonchev–Trinajstić information content (AvgIpc) is 3.38. The van der Waals surface area contributed by atoms with E-state index < -0.39 is 9.84 Å². The smallest absolute Gasteiger partial charge is 0.291 e. The lowest BCUT2D eigenvalue weighted by Gasteiger charge is -2.38. The van der Waals surface area contributed by atoms with Crippen LogP contribution < -0.4 is 10.5 Å². The molecule has 6 heterocycles. The number of H-pyrrole nitrogens is 1. The predicted octanol–water partition coefficient (Wildman–Crippen LogP) is 3.65. The molecule has 2 saturated heterocycles. The Morgan fingerprint density at radius 1 is 0.978 bits per heavy atom. The molecule has 3 N–H and O–H groups in total. The number of piperidine rings is 1. The largest absolute Gasteiger partial charge is 0.490 e. The number of fused-ring (bicyclic) bond motifs is 3. The molecule has 1 aromatic carbocycles. The lowest BCUT2D eigenvalue weighted by Crippen LogP contribution is -2.46. The number of ether oxygens (including phenoxy) is 1. The molecule has 0 radical (unpaired) electrons. The number of amides is 1. The van der Waals surface area contributed by atoms with Gasteiger partial charge in [0.05, 0.1) is 23.7 Å². The molecule has 0 spiro atoms. The van der Waals surface area contributed by atoms with Gasteiger partial charge in [-0.15, -0.1) is 0 Å². The predicted molar refractivity (Wildman–Crippen MR) is 164 cm³/mol. The van der Waals surface area contributed by atoms with Crippen molar-refractivity contribution in [2.24, 2.45) is 0 Å². The number of anilines is 1. The molecule has 14 heteroatoms. The van der Waals surface area contributed by atoms with E-state index in [1.165, 1.54) is 10.8 Å². The van der Waals surface area contributed by atoms with Gasteiger partial charge in [0.15, 0.2) is 15.5 Å². The van der Waals surface area contributed by atoms with Crippen LogP contribution in [0.2, 0.25) is 0 Å². The monoisotopic (exact) mass is 625 g/mol. The maximum atomic E-state index is 13.2. The second-order valence-electron chi connectivity index (χ2n) is 12.2. The van der Waals surface area contributed by atoms with Crippen molar-refractivity contribution in [3.63, 3.8) is 0 Å². The molecule has 3 atom stereocenters. The lowest BCUT2D eigenvalue weighted by atomic mass is 9.87. The Morgan fingerprint density at radius 2 is 1.71 bits per heavy atom. The number of hydrogen-bond donors (Lipinski definition) is 2. The molecular formula is C31H31N9O4S. The van der Waals surface area contributed by atoms with E-state index in [4.69, 9.17) is 20.4 Å². The number of nitrogens with one attached hydrogen (secondary N) is 1. The summed E-state index contributed by atoms with van der Waals surface area (Å²) in [4.78, 5) is 28.8. The highest BCUT2D eigenvalue weighted by molar-refractivity contribution is 7.91. The molecule has 3 aliphatic rings. The van der Waals surface area contributed by atoms with Crippen LogP contribution in [-0.4, -0.2) is 78.4 Å². The van der Waals surface area contributed by atoms with Crippen molar-refractivity contribution >= 4 is 27.2 Å². The van der Waals surface area contributed by atoms with Crippen LogP contribution >= 0.6 is 0 Å². The van der Waals surface area contributed by atoms with E-state index in [1.807, 2.05) is 41.3 Å². The highest BCUT2D eigenvalue weighted by Gasteiger charge is 2.46. The standard InChI is InChI=1S/C31H31N9O4S/c1-45(42,43)27-26(19-12-20-5-6-21(13-19)39(20)31(41)29-34-16-35-38-29)37-30-24(15-36-40(30)28(27)32)18-4-11-25(33-14-18)17-2-7-22(8-3-17)44-23-9-10-23/h2-4,7-8,11,14-16,19-21,23H,5-6,9-10,12-13,32H2,1H3,(H,34,35,38)/t19?,20-,21?/m0/s1. The maximum Gasteiger partial charge on any atom is 0.291 e. The highest BCUT2D eigenvalue weighted by atomic mass is 32.2. The molecule has 45 heavy (non-hydrogen) atoms.